The summed E-state index contributed by atoms with van der Waals surface area (Å²) in [5.41, 5.74) is 10.0. The van der Waals surface area contributed by atoms with Crippen LogP contribution in [0.25, 0.3) is 84.9 Å². The lowest BCUT2D eigenvalue weighted by molar-refractivity contribution is 1.48. The molecule has 0 saturated heterocycles. The fourth-order valence-electron chi connectivity index (χ4n) is 6.64. The van der Waals surface area contributed by atoms with Crippen LogP contribution in [0.1, 0.15) is 5.56 Å². The van der Waals surface area contributed by atoms with Crippen molar-refractivity contribution in [1.82, 2.24) is 0 Å². The van der Waals surface area contributed by atoms with Gasteiger partial charge >= 0.3 is 0 Å². The summed E-state index contributed by atoms with van der Waals surface area (Å²) in [4.78, 5) is 0. The lowest BCUT2D eigenvalue weighted by Crippen LogP contribution is -1.89. The first-order valence-corrected chi connectivity index (χ1v) is 16.9. The second-order valence-corrected chi connectivity index (χ2v) is 13.8. The SMILES string of the molecule is N#Cc1ccc(-c2ccccc2-c2cc(-c3ccc4sc5ccccc5c4c3)cc(-c3ccc4sc5ccccc5c4c3)c2)cc1. The van der Waals surface area contributed by atoms with E-state index in [1.807, 2.05) is 46.9 Å². The molecule has 0 aliphatic heterocycles. The Kier molecular flexibility index (Phi) is 6.31. The summed E-state index contributed by atoms with van der Waals surface area (Å²) in [6.07, 6.45) is 0. The van der Waals surface area contributed by atoms with Crippen LogP contribution in [-0.4, -0.2) is 0 Å². The number of nitriles is 1. The highest BCUT2D eigenvalue weighted by Crippen LogP contribution is 2.42. The molecule has 0 spiro atoms. The van der Waals surface area contributed by atoms with Crippen molar-refractivity contribution in [2.24, 2.45) is 0 Å². The van der Waals surface area contributed by atoms with E-state index in [0.29, 0.717) is 5.56 Å². The van der Waals surface area contributed by atoms with Gasteiger partial charge in [0, 0.05) is 40.3 Å². The fraction of sp³-hybridized carbons (Fsp3) is 0. The number of benzene rings is 7. The third-order valence-electron chi connectivity index (χ3n) is 8.92. The molecule has 7 aromatic carbocycles. The van der Waals surface area contributed by atoms with Crippen molar-refractivity contribution in [2.75, 3.05) is 0 Å². The Balaban J connectivity index is 1.27. The molecule has 0 amide bonds. The van der Waals surface area contributed by atoms with Crippen molar-refractivity contribution in [2.45, 2.75) is 0 Å². The van der Waals surface area contributed by atoms with Gasteiger partial charge in [-0.3, -0.25) is 0 Å². The number of hydrogen-bond donors (Lipinski definition) is 0. The third-order valence-corrected chi connectivity index (χ3v) is 11.2. The van der Waals surface area contributed by atoms with Crippen LogP contribution >= 0.6 is 22.7 Å². The normalized spacial score (nSPS) is 11.5. The minimum atomic E-state index is 0.665. The van der Waals surface area contributed by atoms with Crippen LogP contribution in [0.4, 0.5) is 0 Å². The number of nitrogens with zero attached hydrogens (tertiary/aromatic N) is 1. The molecule has 1 nitrogen and oxygen atoms in total. The highest BCUT2D eigenvalue weighted by molar-refractivity contribution is 7.26. The zero-order chi connectivity index (χ0) is 30.6. The highest BCUT2D eigenvalue weighted by Gasteiger charge is 2.14. The molecule has 2 aromatic heterocycles. The number of thiophene rings is 2. The van der Waals surface area contributed by atoms with Gasteiger partial charge in [0.1, 0.15) is 0 Å². The van der Waals surface area contributed by atoms with Gasteiger partial charge in [0.15, 0.2) is 0 Å². The number of rotatable bonds is 4. The van der Waals surface area contributed by atoms with E-state index in [0.717, 1.165) is 16.7 Å². The molecule has 0 aliphatic rings. The summed E-state index contributed by atoms with van der Waals surface area (Å²) < 4.78 is 5.25. The van der Waals surface area contributed by atoms with Gasteiger partial charge in [-0.15, -0.1) is 22.7 Å². The second-order valence-electron chi connectivity index (χ2n) is 11.7. The molecule has 9 aromatic rings. The summed E-state index contributed by atoms with van der Waals surface area (Å²) >= 11 is 3.70. The quantitative estimate of drug-likeness (QED) is 0.192. The standard InChI is InChI=1S/C43H25NS2/c44-26-27-13-15-28(16-14-27)34-7-1-2-8-35(34)33-22-31(29-17-19-42-38(24-29)36-9-3-5-11-40(36)45-42)21-32(23-33)30-18-20-43-39(25-30)37-10-4-6-12-41(37)46-43/h1-25H. The maximum atomic E-state index is 9.38. The zero-order valence-electron chi connectivity index (χ0n) is 24.7. The van der Waals surface area contributed by atoms with Gasteiger partial charge in [-0.05, 0) is 111 Å². The van der Waals surface area contributed by atoms with Gasteiger partial charge in [0.25, 0.3) is 0 Å². The molecule has 214 valence electrons. The van der Waals surface area contributed by atoms with Gasteiger partial charge < -0.3 is 0 Å². The highest BCUT2D eigenvalue weighted by atomic mass is 32.1. The van der Waals surface area contributed by atoms with Crippen LogP contribution in [0.3, 0.4) is 0 Å². The molecule has 0 aliphatic carbocycles. The molecular weight excluding hydrogens is 595 g/mol. The van der Waals surface area contributed by atoms with Crippen LogP contribution in [0.5, 0.6) is 0 Å². The molecule has 0 radical (unpaired) electrons. The van der Waals surface area contributed by atoms with E-state index in [4.69, 9.17) is 0 Å². The topological polar surface area (TPSA) is 23.8 Å². The number of fused-ring (bicyclic) bond motifs is 6. The summed E-state index contributed by atoms with van der Waals surface area (Å²) in [5, 5.41) is 14.6. The van der Waals surface area contributed by atoms with Gasteiger partial charge in [0.05, 0.1) is 11.6 Å². The molecule has 9 rings (SSSR count). The van der Waals surface area contributed by atoms with Crippen molar-refractivity contribution < 1.29 is 0 Å². The second kappa shape index (κ2) is 10.8. The predicted octanol–water partition coefficient (Wildman–Crippen LogP) is 13.0. The largest absolute Gasteiger partial charge is 0.192 e. The Morgan fingerprint density at radius 3 is 1.33 bits per heavy atom. The Hall–Kier alpha value is -5.53. The van der Waals surface area contributed by atoms with E-state index in [-0.39, 0.29) is 0 Å². The van der Waals surface area contributed by atoms with E-state index in [1.54, 1.807) is 0 Å². The molecule has 0 unspecified atom stereocenters. The summed E-state index contributed by atoms with van der Waals surface area (Å²) in [6.45, 7) is 0. The minimum absolute atomic E-state index is 0.665. The van der Waals surface area contributed by atoms with E-state index in [2.05, 4.69) is 133 Å². The zero-order valence-corrected chi connectivity index (χ0v) is 26.3. The average molecular weight is 620 g/mol. The lowest BCUT2D eigenvalue weighted by Gasteiger charge is -2.15. The van der Waals surface area contributed by atoms with Crippen LogP contribution < -0.4 is 0 Å². The predicted molar refractivity (Wildman–Crippen MR) is 199 cm³/mol. The fourth-order valence-corrected chi connectivity index (χ4v) is 8.81. The first-order chi connectivity index (χ1) is 22.7. The molecule has 3 heteroatoms. The van der Waals surface area contributed by atoms with Crippen molar-refractivity contribution in [3.8, 4) is 50.6 Å². The molecule has 0 fully saturated rings. The molecule has 0 N–H and O–H groups in total. The molecule has 0 atom stereocenters. The van der Waals surface area contributed by atoms with E-state index in [1.165, 1.54) is 68.2 Å². The van der Waals surface area contributed by atoms with E-state index < -0.39 is 0 Å². The third kappa shape index (κ3) is 4.51. The summed E-state index contributed by atoms with van der Waals surface area (Å²) in [5.74, 6) is 0. The van der Waals surface area contributed by atoms with Gasteiger partial charge in [-0.25, -0.2) is 0 Å². The summed E-state index contributed by atoms with van der Waals surface area (Å²) in [7, 11) is 0. The van der Waals surface area contributed by atoms with Gasteiger partial charge in [-0.2, -0.15) is 5.26 Å². The van der Waals surface area contributed by atoms with Crippen molar-refractivity contribution in [1.29, 1.82) is 5.26 Å². The van der Waals surface area contributed by atoms with Crippen molar-refractivity contribution in [3.63, 3.8) is 0 Å². The van der Waals surface area contributed by atoms with Crippen LogP contribution in [0, 0.1) is 11.3 Å². The molecule has 46 heavy (non-hydrogen) atoms. The van der Waals surface area contributed by atoms with Crippen molar-refractivity contribution in [3.05, 3.63) is 157 Å². The Morgan fingerprint density at radius 1 is 0.348 bits per heavy atom. The molecule has 0 saturated carbocycles. The molecule has 0 bridgehead atoms. The maximum Gasteiger partial charge on any atom is 0.0991 e. The summed E-state index contributed by atoms with van der Waals surface area (Å²) in [6, 6.07) is 56.9. The molecule has 2 heterocycles. The smallest absolute Gasteiger partial charge is 0.0991 e. The minimum Gasteiger partial charge on any atom is -0.192 e. The van der Waals surface area contributed by atoms with Crippen LogP contribution in [0.15, 0.2) is 152 Å². The first kappa shape index (κ1) is 26.8. The van der Waals surface area contributed by atoms with Gasteiger partial charge in [0.2, 0.25) is 0 Å². The monoisotopic (exact) mass is 619 g/mol. The van der Waals surface area contributed by atoms with Gasteiger partial charge in [-0.1, -0.05) is 84.9 Å². The number of hydrogen-bond acceptors (Lipinski definition) is 3. The first-order valence-electron chi connectivity index (χ1n) is 15.3. The average Bonchev–Trinajstić information content (AvgIpc) is 3.69. The maximum absolute atomic E-state index is 9.38. The molecular formula is C43H25NS2. The van der Waals surface area contributed by atoms with E-state index in [9.17, 15) is 5.26 Å². The Labute approximate surface area is 274 Å². The lowest BCUT2D eigenvalue weighted by atomic mass is 9.89. The van der Waals surface area contributed by atoms with Crippen LogP contribution in [0.2, 0.25) is 0 Å². The van der Waals surface area contributed by atoms with E-state index >= 15 is 0 Å². The Morgan fingerprint density at radius 2 is 0.783 bits per heavy atom. The van der Waals surface area contributed by atoms with Crippen LogP contribution in [-0.2, 0) is 0 Å². The Bertz CT molecular complexity index is 2520. The van der Waals surface area contributed by atoms with Crippen molar-refractivity contribution >= 4 is 63.0 Å².